The number of nitrogens with zero attached hydrogens (tertiary/aromatic N) is 3. The fourth-order valence-electron chi connectivity index (χ4n) is 1.47. The maximum absolute atomic E-state index is 11.4. The molecule has 2 aromatic heterocycles. The van der Waals surface area contributed by atoms with Crippen LogP contribution in [-0.2, 0) is 7.05 Å². The summed E-state index contributed by atoms with van der Waals surface area (Å²) < 4.78 is 1.23. The number of rotatable bonds is 1. The molecule has 82 valence electrons. The van der Waals surface area contributed by atoms with Gasteiger partial charge in [-0.2, -0.15) is 5.10 Å². The normalized spacial score (nSPS) is 10.4. The average molecular weight is 216 g/mol. The van der Waals surface area contributed by atoms with Crippen LogP contribution in [0.2, 0.25) is 0 Å². The zero-order chi connectivity index (χ0) is 11.7. The molecule has 0 amide bonds. The summed E-state index contributed by atoms with van der Waals surface area (Å²) in [5, 5.41) is 4.13. The third kappa shape index (κ3) is 1.79. The highest BCUT2D eigenvalue weighted by molar-refractivity contribution is 5.61. The van der Waals surface area contributed by atoms with Crippen LogP contribution >= 0.6 is 0 Å². The van der Waals surface area contributed by atoms with E-state index in [-0.39, 0.29) is 11.2 Å². The van der Waals surface area contributed by atoms with Gasteiger partial charge >= 0.3 is 0 Å². The highest BCUT2D eigenvalue weighted by Gasteiger charge is 2.05. The predicted octanol–water partition coefficient (Wildman–Crippen LogP) is 0.733. The third-order valence-corrected chi connectivity index (χ3v) is 2.26. The number of nitrogen functional groups attached to an aromatic ring is 1. The van der Waals surface area contributed by atoms with Crippen LogP contribution in [0.25, 0.3) is 11.3 Å². The molecule has 16 heavy (non-hydrogen) atoms. The molecule has 0 saturated heterocycles. The number of hydrogen-bond donors (Lipinski definition) is 1. The Labute approximate surface area is 92.6 Å². The van der Waals surface area contributed by atoms with Crippen LogP contribution in [0, 0.1) is 6.92 Å². The lowest BCUT2D eigenvalue weighted by Crippen LogP contribution is -2.22. The number of pyridine rings is 1. The second-order valence-electron chi connectivity index (χ2n) is 3.66. The van der Waals surface area contributed by atoms with E-state index >= 15 is 0 Å². The maximum Gasteiger partial charge on any atom is 0.289 e. The minimum atomic E-state index is -0.288. The molecule has 0 spiro atoms. The second-order valence-corrected chi connectivity index (χ2v) is 3.66. The Morgan fingerprint density at radius 3 is 2.69 bits per heavy atom. The third-order valence-electron chi connectivity index (χ3n) is 2.26. The van der Waals surface area contributed by atoms with Crippen molar-refractivity contribution in [1.29, 1.82) is 0 Å². The van der Waals surface area contributed by atoms with Gasteiger partial charge in [-0.25, -0.2) is 4.68 Å². The molecule has 0 aromatic carbocycles. The molecule has 0 unspecified atom stereocenters. The van der Waals surface area contributed by atoms with Gasteiger partial charge in [0.1, 0.15) is 5.69 Å². The summed E-state index contributed by atoms with van der Waals surface area (Å²) in [5.41, 5.74) is 8.04. The Hall–Kier alpha value is -2.17. The van der Waals surface area contributed by atoms with Crippen LogP contribution in [0.1, 0.15) is 5.56 Å². The van der Waals surface area contributed by atoms with Gasteiger partial charge in [0, 0.05) is 25.0 Å². The van der Waals surface area contributed by atoms with E-state index in [0.717, 1.165) is 11.1 Å². The minimum Gasteiger partial charge on any atom is -0.394 e. The molecule has 2 N–H and O–H groups in total. The van der Waals surface area contributed by atoms with Crippen molar-refractivity contribution in [2.45, 2.75) is 6.92 Å². The molecule has 5 heteroatoms. The van der Waals surface area contributed by atoms with E-state index in [2.05, 4.69) is 10.1 Å². The predicted molar refractivity (Wildman–Crippen MR) is 61.9 cm³/mol. The number of hydrogen-bond acceptors (Lipinski definition) is 4. The highest BCUT2D eigenvalue weighted by atomic mass is 16.1. The van der Waals surface area contributed by atoms with Crippen molar-refractivity contribution in [3.8, 4) is 11.3 Å². The van der Waals surface area contributed by atoms with Crippen LogP contribution in [-0.4, -0.2) is 14.8 Å². The van der Waals surface area contributed by atoms with Crippen molar-refractivity contribution in [2.24, 2.45) is 7.05 Å². The van der Waals surface area contributed by atoms with Gasteiger partial charge in [0.25, 0.3) is 5.56 Å². The monoisotopic (exact) mass is 216 g/mol. The average Bonchev–Trinajstić information content (AvgIpc) is 2.25. The Morgan fingerprint density at radius 2 is 2.06 bits per heavy atom. The van der Waals surface area contributed by atoms with Gasteiger partial charge in [-0.05, 0) is 24.6 Å². The van der Waals surface area contributed by atoms with Crippen LogP contribution in [0.4, 0.5) is 5.69 Å². The van der Waals surface area contributed by atoms with E-state index < -0.39 is 0 Å². The lowest BCUT2D eigenvalue weighted by Gasteiger charge is -2.04. The zero-order valence-electron chi connectivity index (χ0n) is 9.14. The van der Waals surface area contributed by atoms with E-state index in [1.54, 1.807) is 25.5 Å². The molecule has 2 aromatic rings. The van der Waals surface area contributed by atoms with Crippen molar-refractivity contribution in [2.75, 3.05) is 5.73 Å². The first kappa shape index (κ1) is 10.4. The fraction of sp³-hybridized carbons (Fsp3) is 0.182. The van der Waals surface area contributed by atoms with Gasteiger partial charge in [-0.3, -0.25) is 9.78 Å². The Kier molecular flexibility index (Phi) is 2.44. The van der Waals surface area contributed by atoms with Crippen molar-refractivity contribution >= 4 is 5.69 Å². The van der Waals surface area contributed by atoms with E-state index in [0.29, 0.717) is 5.69 Å². The van der Waals surface area contributed by atoms with E-state index in [1.807, 2.05) is 13.0 Å². The van der Waals surface area contributed by atoms with Gasteiger partial charge < -0.3 is 5.73 Å². The molecule has 0 radical (unpaired) electrons. The first-order chi connectivity index (χ1) is 7.58. The largest absolute Gasteiger partial charge is 0.394 e. The highest BCUT2D eigenvalue weighted by Crippen LogP contribution is 2.16. The Bertz CT molecular complexity index is 563. The van der Waals surface area contributed by atoms with Crippen LogP contribution in [0.15, 0.2) is 29.3 Å². The molecular formula is C11H12N4O. The summed E-state index contributed by atoms with van der Waals surface area (Å²) in [4.78, 5) is 15.5. The number of aryl methyl sites for hydroxylation is 2. The summed E-state index contributed by atoms with van der Waals surface area (Å²) >= 11 is 0. The molecule has 2 heterocycles. The standard InChI is InChI=1S/C11H12N4O/c1-7-3-8(6-13-5-7)10-4-9(12)11(16)15(2)14-10/h3-6H,12H2,1-2H3. The molecule has 0 aliphatic heterocycles. The SMILES string of the molecule is Cc1cncc(-c2cc(N)c(=O)n(C)n2)c1. The number of nitrogens with two attached hydrogens (primary N) is 1. The van der Waals surface area contributed by atoms with Crippen molar-refractivity contribution in [3.05, 3.63) is 40.4 Å². The quantitative estimate of drug-likeness (QED) is 0.762. The summed E-state index contributed by atoms with van der Waals surface area (Å²) in [6, 6.07) is 3.51. The lowest BCUT2D eigenvalue weighted by molar-refractivity contribution is 0.715. The molecule has 2 rings (SSSR count). The second kappa shape index (κ2) is 3.77. The van der Waals surface area contributed by atoms with Crippen molar-refractivity contribution < 1.29 is 0 Å². The van der Waals surface area contributed by atoms with Crippen molar-refractivity contribution in [3.63, 3.8) is 0 Å². The van der Waals surface area contributed by atoms with Gasteiger partial charge in [0.05, 0.1) is 5.69 Å². The molecule has 0 aliphatic rings. The van der Waals surface area contributed by atoms with Gasteiger partial charge in [-0.15, -0.1) is 0 Å². The molecule has 0 fully saturated rings. The van der Waals surface area contributed by atoms with E-state index in [9.17, 15) is 4.79 Å². The smallest absolute Gasteiger partial charge is 0.289 e. The molecule has 0 saturated carbocycles. The fourth-order valence-corrected chi connectivity index (χ4v) is 1.47. The van der Waals surface area contributed by atoms with E-state index in [4.69, 9.17) is 5.73 Å². The Morgan fingerprint density at radius 1 is 1.31 bits per heavy atom. The first-order valence-corrected chi connectivity index (χ1v) is 4.84. The first-order valence-electron chi connectivity index (χ1n) is 4.84. The van der Waals surface area contributed by atoms with E-state index in [1.165, 1.54) is 4.68 Å². The molecule has 0 aliphatic carbocycles. The van der Waals surface area contributed by atoms with Crippen LogP contribution in [0.5, 0.6) is 0 Å². The van der Waals surface area contributed by atoms with Gasteiger partial charge in [0.15, 0.2) is 0 Å². The molecule has 5 nitrogen and oxygen atoms in total. The maximum atomic E-state index is 11.4. The summed E-state index contributed by atoms with van der Waals surface area (Å²) in [6.45, 7) is 1.95. The molecule has 0 bridgehead atoms. The Balaban J connectivity index is 2.61. The van der Waals surface area contributed by atoms with Crippen molar-refractivity contribution in [1.82, 2.24) is 14.8 Å². The summed E-state index contributed by atoms with van der Waals surface area (Å²) in [7, 11) is 1.57. The van der Waals surface area contributed by atoms with Crippen LogP contribution in [0.3, 0.4) is 0 Å². The van der Waals surface area contributed by atoms with Gasteiger partial charge in [-0.1, -0.05) is 0 Å². The summed E-state index contributed by atoms with van der Waals surface area (Å²) in [5.74, 6) is 0. The van der Waals surface area contributed by atoms with Gasteiger partial charge in [0.2, 0.25) is 0 Å². The lowest BCUT2D eigenvalue weighted by atomic mass is 10.1. The molecular weight excluding hydrogens is 204 g/mol. The zero-order valence-corrected chi connectivity index (χ0v) is 9.14. The minimum absolute atomic E-state index is 0.189. The number of aromatic nitrogens is 3. The summed E-state index contributed by atoms with van der Waals surface area (Å²) in [6.07, 6.45) is 3.45. The number of anilines is 1. The topological polar surface area (TPSA) is 73.8 Å². The van der Waals surface area contributed by atoms with Crippen LogP contribution < -0.4 is 11.3 Å². The molecule has 0 atom stereocenters.